The number of nitrogens with one attached hydrogen (secondary N) is 2. The first-order valence-corrected chi connectivity index (χ1v) is 13.6. The van der Waals surface area contributed by atoms with Crippen molar-refractivity contribution in [2.45, 2.75) is 71.4 Å². The Morgan fingerprint density at radius 3 is 2.36 bits per heavy atom. The number of urea groups is 1. The van der Waals surface area contributed by atoms with Crippen LogP contribution in [-0.4, -0.2) is 78.5 Å². The molecule has 2 aliphatic heterocycles. The smallest absolute Gasteiger partial charge is 0.325 e. The molecule has 36 heavy (non-hydrogen) atoms. The number of amides is 4. The van der Waals surface area contributed by atoms with Crippen molar-refractivity contribution in [2.24, 2.45) is 11.3 Å². The number of hydrogen-bond donors (Lipinski definition) is 2. The Morgan fingerprint density at radius 2 is 1.75 bits per heavy atom. The molecular formula is C28H43N5O3. The molecule has 2 saturated heterocycles. The average molecular weight is 498 g/mol. The molecule has 0 bridgehead atoms. The second kappa shape index (κ2) is 10.8. The summed E-state index contributed by atoms with van der Waals surface area (Å²) in [5, 5.41) is 5.89. The van der Waals surface area contributed by atoms with Gasteiger partial charge in [-0.25, -0.2) is 4.79 Å². The molecule has 1 aliphatic carbocycles. The maximum Gasteiger partial charge on any atom is 0.325 e. The first-order valence-electron chi connectivity index (χ1n) is 13.6. The summed E-state index contributed by atoms with van der Waals surface area (Å²) in [6.45, 7) is 12.9. The van der Waals surface area contributed by atoms with Crippen LogP contribution in [0.1, 0.15) is 59.8 Å². The Morgan fingerprint density at radius 1 is 1.11 bits per heavy atom. The van der Waals surface area contributed by atoms with Gasteiger partial charge in [0, 0.05) is 44.5 Å². The van der Waals surface area contributed by atoms with Crippen molar-refractivity contribution < 1.29 is 14.4 Å². The molecule has 3 fully saturated rings. The van der Waals surface area contributed by atoms with E-state index in [-0.39, 0.29) is 29.8 Å². The number of carbonyl (C=O) groups is 3. The minimum absolute atomic E-state index is 0.179. The third-order valence-corrected chi connectivity index (χ3v) is 9.06. The van der Waals surface area contributed by atoms with Gasteiger partial charge in [-0.2, -0.15) is 0 Å². The average Bonchev–Trinajstić information content (AvgIpc) is 3.11. The zero-order chi connectivity index (χ0) is 25.9. The van der Waals surface area contributed by atoms with Crippen molar-refractivity contribution in [3.8, 4) is 0 Å². The predicted molar refractivity (Wildman–Crippen MR) is 142 cm³/mol. The first-order chi connectivity index (χ1) is 17.1. The van der Waals surface area contributed by atoms with Gasteiger partial charge in [0.2, 0.25) is 5.91 Å². The van der Waals surface area contributed by atoms with Gasteiger partial charge in [-0.05, 0) is 56.1 Å². The highest BCUT2D eigenvalue weighted by Crippen LogP contribution is 2.45. The summed E-state index contributed by atoms with van der Waals surface area (Å²) in [6, 6.07) is 10.2. The molecule has 2 N–H and O–H groups in total. The molecule has 8 heteroatoms. The molecule has 1 atom stereocenters. The van der Waals surface area contributed by atoms with Crippen molar-refractivity contribution in [3.63, 3.8) is 0 Å². The number of carbonyl (C=O) groups excluding carboxylic acids is 3. The molecule has 8 nitrogen and oxygen atoms in total. The molecule has 1 spiro atoms. The SMILES string of the molecule is CCC(C)(C)C1CCC2(CC1)NC(=O)N(CC(=O)NCC(C)N1CCN(c3ccccc3)CC1)C2=O. The van der Waals surface area contributed by atoms with Crippen molar-refractivity contribution >= 4 is 23.5 Å². The zero-order valence-electron chi connectivity index (χ0n) is 22.4. The van der Waals surface area contributed by atoms with Crippen molar-refractivity contribution in [3.05, 3.63) is 30.3 Å². The van der Waals surface area contributed by atoms with Gasteiger partial charge in [0.05, 0.1) is 0 Å². The van der Waals surface area contributed by atoms with Crippen molar-refractivity contribution in [1.29, 1.82) is 0 Å². The largest absolute Gasteiger partial charge is 0.369 e. The van der Waals surface area contributed by atoms with E-state index in [0.29, 0.717) is 25.3 Å². The summed E-state index contributed by atoms with van der Waals surface area (Å²) in [4.78, 5) is 44.5. The second-order valence-corrected chi connectivity index (χ2v) is 11.5. The summed E-state index contributed by atoms with van der Waals surface area (Å²) in [6.07, 6.45) is 4.23. The van der Waals surface area contributed by atoms with Gasteiger partial charge in [-0.1, -0.05) is 45.4 Å². The highest BCUT2D eigenvalue weighted by Gasteiger charge is 2.53. The fourth-order valence-electron chi connectivity index (χ4n) is 5.99. The summed E-state index contributed by atoms with van der Waals surface area (Å²) < 4.78 is 0. The van der Waals surface area contributed by atoms with Crippen molar-refractivity contribution in [1.82, 2.24) is 20.4 Å². The maximum atomic E-state index is 13.2. The van der Waals surface area contributed by atoms with E-state index in [2.05, 4.69) is 72.4 Å². The predicted octanol–water partition coefficient (Wildman–Crippen LogP) is 3.23. The molecule has 1 aromatic rings. The quantitative estimate of drug-likeness (QED) is 0.539. The topological polar surface area (TPSA) is 85.0 Å². The van der Waals surface area contributed by atoms with Crippen LogP contribution in [-0.2, 0) is 9.59 Å². The van der Waals surface area contributed by atoms with Gasteiger partial charge >= 0.3 is 6.03 Å². The number of nitrogens with zero attached hydrogens (tertiary/aromatic N) is 3. The number of anilines is 1. The number of piperazine rings is 1. The molecule has 4 amide bonds. The number of imide groups is 1. The Bertz CT molecular complexity index is 934. The lowest BCUT2D eigenvalue weighted by atomic mass is 9.65. The Labute approximate surface area is 215 Å². The van der Waals surface area contributed by atoms with E-state index in [1.165, 1.54) is 5.69 Å². The summed E-state index contributed by atoms with van der Waals surface area (Å²) in [5.41, 5.74) is 0.646. The van der Waals surface area contributed by atoms with E-state index >= 15 is 0 Å². The third kappa shape index (κ3) is 5.53. The molecule has 1 saturated carbocycles. The van der Waals surface area contributed by atoms with Crippen LogP contribution in [0.25, 0.3) is 0 Å². The maximum absolute atomic E-state index is 13.2. The van der Waals surface area contributed by atoms with E-state index in [4.69, 9.17) is 0 Å². The van der Waals surface area contributed by atoms with Crippen molar-refractivity contribution in [2.75, 3.05) is 44.2 Å². The molecule has 4 rings (SSSR count). The molecule has 0 radical (unpaired) electrons. The van der Waals surface area contributed by atoms with Gasteiger partial charge in [-0.15, -0.1) is 0 Å². The van der Waals surface area contributed by atoms with Crippen LogP contribution >= 0.6 is 0 Å². The van der Waals surface area contributed by atoms with Gasteiger partial charge < -0.3 is 15.5 Å². The fourth-order valence-corrected chi connectivity index (χ4v) is 5.99. The van der Waals surface area contributed by atoms with E-state index in [9.17, 15) is 14.4 Å². The number of benzene rings is 1. The van der Waals surface area contributed by atoms with Gasteiger partial charge in [0.25, 0.3) is 5.91 Å². The highest BCUT2D eigenvalue weighted by molar-refractivity contribution is 6.09. The molecular weight excluding hydrogens is 454 g/mol. The number of rotatable bonds is 8. The van der Waals surface area contributed by atoms with Crippen LogP contribution in [0.4, 0.5) is 10.5 Å². The summed E-state index contributed by atoms with van der Waals surface area (Å²) in [5.74, 6) is 0.0258. The van der Waals surface area contributed by atoms with Crippen LogP contribution in [0.3, 0.4) is 0 Å². The van der Waals surface area contributed by atoms with Gasteiger partial charge in [0.1, 0.15) is 12.1 Å². The molecule has 1 aromatic carbocycles. The van der Waals surface area contributed by atoms with E-state index in [1.54, 1.807) is 0 Å². The second-order valence-electron chi connectivity index (χ2n) is 11.5. The molecule has 2 heterocycles. The standard InChI is InChI=1S/C28H43N5O3/c1-5-27(3,4)22-11-13-28(14-12-22)25(35)33(26(36)30-28)20-24(34)29-19-21(2)31-15-17-32(18-16-31)23-9-7-6-8-10-23/h6-10,21-22H,5,11-20H2,1-4H3,(H,29,34)(H,30,36). The summed E-state index contributed by atoms with van der Waals surface area (Å²) >= 11 is 0. The number of hydrogen-bond acceptors (Lipinski definition) is 5. The fraction of sp³-hybridized carbons (Fsp3) is 0.679. The van der Waals surface area contributed by atoms with Crippen LogP contribution in [0.15, 0.2) is 30.3 Å². The van der Waals surface area contributed by atoms with Gasteiger partial charge in [0.15, 0.2) is 0 Å². The minimum atomic E-state index is -0.830. The van der Waals surface area contributed by atoms with Crippen LogP contribution < -0.4 is 15.5 Å². The number of para-hydroxylation sites is 1. The van der Waals surface area contributed by atoms with E-state index in [1.807, 2.05) is 6.07 Å². The van der Waals surface area contributed by atoms with E-state index < -0.39 is 11.6 Å². The molecule has 3 aliphatic rings. The summed E-state index contributed by atoms with van der Waals surface area (Å²) in [7, 11) is 0. The lowest BCUT2D eigenvalue weighted by Crippen LogP contribution is -2.53. The first kappa shape index (κ1) is 26.5. The lowest BCUT2D eigenvalue weighted by molar-refractivity contribution is -0.136. The normalized spacial score (nSPS) is 26.3. The van der Waals surface area contributed by atoms with Crippen LogP contribution in [0.5, 0.6) is 0 Å². The van der Waals surface area contributed by atoms with Gasteiger partial charge in [-0.3, -0.25) is 19.4 Å². The zero-order valence-corrected chi connectivity index (χ0v) is 22.4. The molecule has 0 aromatic heterocycles. The lowest BCUT2D eigenvalue weighted by Gasteiger charge is -2.42. The minimum Gasteiger partial charge on any atom is -0.369 e. The highest BCUT2D eigenvalue weighted by atomic mass is 16.2. The Hall–Kier alpha value is -2.61. The monoisotopic (exact) mass is 497 g/mol. The third-order valence-electron chi connectivity index (χ3n) is 9.06. The Kier molecular flexibility index (Phi) is 7.93. The molecule has 1 unspecified atom stereocenters. The van der Waals surface area contributed by atoms with Crippen LogP contribution in [0, 0.1) is 11.3 Å². The van der Waals surface area contributed by atoms with Crippen LogP contribution in [0.2, 0.25) is 0 Å². The molecule has 198 valence electrons. The Balaban J connectivity index is 1.22. The van der Waals surface area contributed by atoms with E-state index in [0.717, 1.165) is 50.3 Å².